The highest BCUT2D eigenvalue weighted by molar-refractivity contribution is 5.89. The number of nitrogens with one attached hydrogen (secondary N) is 2. The number of ether oxygens (including phenoxy) is 1. The number of carbonyl (C=O) groups excluding carboxylic acids is 1. The largest absolute Gasteiger partial charge is 0.497 e. The zero-order valence-corrected chi connectivity index (χ0v) is 16.0. The first-order valence-electron chi connectivity index (χ1n) is 8.94. The van der Waals surface area contributed by atoms with Crippen LogP contribution < -0.4 is 15.4 Å². The minimum absolute atomic E-state index is 0.236. The molecule has 0 bridgehead atoms. The molecule has 0 spiro atoms. The van der Waals surface area contributed by atoms with E-state index >= 15 is 0 Å². The second-order valence-electron chi connectivity index (χ2n) is 6.59. The molecule has 2 aromatic carbocycles. The lowest BCUT2D eigenvalue weighted by atomic mass is 10.1. The van der Waals surface area contributed by atoms with Crippen molar-refractivity contribution in [2.45, 2.75) is 26.9 Å². The molecule has 3 rings (SSSR count). The van der Waals surface area contributed by atoms with Crippen LogP contribution in [0.15, 0.2) is 60.8 Å². The number of aryl methyl sites for hydroxylation is 2. The van der Waals surface area contributed by atoms with E-state index < -0.39 is 0 Å². The van der Waals surface area contributed by atoms with Crippen molar-refractivity contribution in [1.82, 2.24) is 9.88 Å². The molecule has 3 aromatic rings. The summed E-state index contributed by atoms with van der Waals surface area (Å²) in [5, 5.41) is 5.74. The van der Waals surface area contributed by atoms with Crippen molar-refractivity contribution in [2.24, 2.45) is 0 Å². The molecule has 0 saturated carbocycles. The number of rotatable bonds is 6. The van der Waals surface area contributed by atoms with Crippen LogP contribution in [-0.2, 0) is 13.1 Å². The fourth-order valence-corrected chi connectivity index (χ4v) is 2.94. The third-order valence-electron chi connectivity index (χ3n) is 4.55. The van der Waals surface area contributed by atoms with Crippen LogP contribution in [-0.4, -0.2) is 17.7 Å². The summed E-state index contributed by atoms with van der Waals surface area (Å²) < 4.78 is 7.28. The van der Waals surface area contributed by atoms with Crippen LogP contribution in [0.5, 0.6) is 5.75 Å². The molecule has 140 valence electrons. The normalized spacial score (nSPS) is 10.5. The average Bonchev–Trinajstić information content (AvgIpc) is 3.11. The first-order chi connectivity index (χ1) is 13.0. The lowest BCUT2D eigenvalue weighted by Gasteiger charge is -2.13. The highest BCUT2D eigenvalue weighted by Crippen LogP contribution is 2.16. The van der Waals surface area contributed by atoms with Gasteiger partial charge < -0.3 is 19.9 Å². The first-order valence-corrected chi connectivity index (χ1v) is 8.94. The Balaban J connectivity index is 1.59. The number of anilines is 1. The van der Waals surface area contributed by atoms with Gasteiger partial charge in [-0.15, -0.1) is 0 Å². The van der Waals surface area contributed by atoms with Gasteiger partial charge in [0.2, 0.25) is 0 Å². The number of hydrogen-bond acceptors (Lipinski definition) is 2. The Bertz CT molecular complexity index is 914. The molecule has 1 heterocycles. The Labute approximate surface area is 160 Å². The Kier molecular flexibility index (Phi) is 5.81. The molecule has 0 fully saturated rings. The molecular formula is C22H25N3O2. The summed E-state index contributed by atoms with van der Waals surface area (Å²) in [6.07, 6.45) is 2.04. The van der Waals surface area contributed by atoms with Gasteiger partial charge in [-0.25, -0.2) is 4.79 Å². The Morgan fingerprint density at radius 2 is 1.85 bits per heavy atom. The van der Waals surface area contributed by atoms with Crippen LogP contribution in [0.4, 0.5) is 10.5 Å². The second kappa shape index (κ2) is 8.45. The molecule has 0 atom stereocenters. The lowest BCUT2D eigenvalue weighted by molar-refractivity contribution is 0.251. The summed E-state index contributed by atoms with van der Waals surface area (Å²) in [5.41, 5.74) is 5.58. The zero-order valence-electron chi connectivity index (χ0n) is 16.0. The van der Waals surface area contributed by atoms with E-state index in [1.54, 1.807) is 7.11 Å². The van der Waals surface area contributed by atoms with Crippen LogP contribution in [0, 0.1) is 13.8 Å². The van der Waals surface area contributed by atoms with Gasteiger partial charge in [0.25, 0.3) is 0 Å². The molecule has 27 heavy (non-hydrogen) atoms. The molecule has 0 radical (unpaired) electrons. The molecule has 0 unspecified atom stereocenters. The van der Waals surface area contributed by atoms with Crippen LogP contribution in [0.3, 0.4) is 0 Å². The maximum Gasteiger partial charge on any atom is 0.319 e. The van der Waals surface area contributed by atoms with Gasteiger partial charge in [-0.2, -0.15) is 0 Å². The number of carbonyl (C=O) groups is 1. The van der Waals surface area contributed by atoms with E-state index in [0.29, 0.717) is 6.54 Å². The number of aromatic nitrogens is 1. The van der Waals surface area contributed by atoms with E-state index in [1.807, 2.05) is 42.6 Å². The monoisotopic (exact) mass is 363 g/mol. The fourth-order valence-electron chi connectivity index (χ4n) is 2.94. The molecule has 5 heteroatoms. The molecular weight excluding hydrogens is 338 g/mol. The average molecular weight is 363 g/mol. The summed E-state index contributed by atoms with van der Waals surface area (Å²) >= 11 is 0. The van der Waals surface area contributed by atoms with Gasteiger partial charge in [-0.05, 0) is 61.4 Å². The van der Waals surface area contributed by atoms with Crippen molar-refractivity contribution in [1.29, 1.82) is 0 Å². The van der Waals surface area contributed by atoms with Gasteiger partial charge in [-0.3, -0.25) is 0 Å². The number of nitrogens with zero attached hydrogens (tertiary/aromatic N) is 1. The van der Waals surface area contributed by atoms with E-state index in [1.165, 1.54) is 16.7 Å². The quantitative estimate of drug-likeness (QED) is 0.678. The van der Waals surface area contributed by atoms with Crippen molar-refractivity contribution < 1.29 is 9.53 Å². The molecule has 0 aliphatic heterocycles. The molecule has 1 aromatic heterocycles. The van der Waals surface area contributed by atoms with Crippen molar-refractivity contribution in [3.8, 4) is 5.75 Å². The Morgan fingerprint density at radius 1 is 1.07 bits per heavy atom. The molecule has 5 nitrogen and oxygen atoms in total. The molecule has 2 N–H and O–H groups in total. The summed E-state index contributed by atoms with van der Waals surface area (Å²) in [6, 6.07) is 17.5. The topological polar surface area (TPSA) is 55.3 Å². The zero-order chi connectivity index (χ0) is 19.2. The van der Waals surface area contributed by atoms with Gasteiger partial charge in [0.1, 0.15) is 5.75 Å². The minimum atomic E-state index is -0.236. The number of hydrogen-bond donors (Lipinski definition) is 2. The molecule has 0 aliphatic rings. The molecule has 0 aliphatic carbocycles. The minimum Gasteiger partial charge on any atom is -0.497 e. The predicted molar refractivity (Wildman–Crippen MR) is 108 cm³/mol. The van der Waals surface area contributed by atoms with E-state index in [-0.39, 0.29) is 6.03 Å². The third-order valence-corrected chi connectivity index (χ3v) is 4.55. The van der Waals surface area contributed by atoms with Crippen molar-refractivity contribution >= 4 is 11.7 Å². The van der Waals surface area contributed by atoms with Crippen LogP contribution in [0.25, 0.3) is 0 Å². The van der Waals surface area contributed by atoms with Gasteiger partial charge in [0.05, 0.1) is 13.7 Å². The van der Waals surface area contributed by atoms with Gasteiger partial charge in [0.15, 0.2) is 0 Å². The SMILES string of the molecule is COc1ccc(NC(=O)NCc2cccn2Cc2cc(C)ccc2C)cc1. The number of methoxy groups -OCH3 is 1. The maximum atomic E-state index is 12.2. The predicted octanol–water partition coefficient (Wildman–Crippen LogP) is 4.48. The summed E-state index contributed by atoms with van der Waals surface area (Å²) in [6.45, 7) is 5.47. The lowest BCUT2D eigenvalue weighted by Crippen LogP contribution is -2.29. The summed E-state index contributed by atoms with van der Waals surface area (Å²) in [4.78, 5) is 12.2. The van der Waals surface area contributed by atoms with Crippen molar-refractivity contribution in [2.75, 3.05) is 12.4 Å². The van der Waals surface area contributed by atoms with E-state index in [4.69, 9.17) is 4.74 Å². The number of amides is 2. The molecule has 2 amide bonds. The van der Waals surface area contributed by atoms with Crippen molar-refractivity contribution in [3.63, 3.8) is 0 Å². The van der Waals surface area contributed by atoms with E-state index in [2.05, 4.69) is 47.2 Å². The van der Waals surface area contributed by atoms with Gasteiger partial charge >= 0.3 is 6.03 Å². The maximum absolute atomic E-state index is 12.2. The van der Waals surface area contributed by atoms with Crippen molar-refractivity contribution in [3.05, 3.63) is 83.2 Å². The van der Waals surface area contributed by atoms with Crippen LogP contribution in [0.2, 0.25) is 0 Å². The number of benzene rings is 2. The van der Waals surface area contributed by atoms with Gasteiger partial charge in [0, 0.05) is 24.1 Å². The summed E-state index contributed by atoms with van der Waals surface area (Å²) in [5.74, 6) is 0.755. The van der Waals surface area contributed by atoms with Crippen LogP contribution >= 0.6 is 0 Å². The van der Waals surface area contributed by atoms with E-state index in [0.717, 1.165) is 23.7 Å². The highest BCUT2D eigenvalue weighted by atomic mass is 16.5. The first kappa shape index (κ1) is 18.6. The number of urea groups is 1. The van der Waals surface area contributed by atoms with E-state index in [9.17, 15) is 4.79 Å². The third kappa shape index (κ3) is 4.91. The smallest absolute Gasteiger partial charge is 0.319 e. The summed E-state index contributed by atoms with van der Waals surface area (Å²) in [7, 11) is 1.61. The fraction of sp³-hybridized carbons (Fsp3) is 0.227. The second-order valence-corrected chi connectivity index (χ2v) is 6.59. The Hall–Kier alpha value is -3.21. The Morgan fingerprint density at radius 3 is 2.59 bits per heavy atom. The molecule has 0 saturated heterocycles. The highest BCUT2D eigenvalue weighted by Gasteiger charge is 2.07. The standard InChI is InChI=1S/C22H25N3O2/c1-16-6-7-17(2)18(13-16)15-25-12-4-5-20(25)14-23-22(26)24-19-8-10-21(27-3)11-9-19/h4-13H,14-15H2,1-3H3,(H2,23,24,26). The van der Waals surface area contributed by atoms with Gasteiger partial charge in [-0.1, -0.05) is 23.8 Å². The van der Waals surface area contributed by atoms with Crippen LogP contribution in [0.1, 0.15) is 22.4 Å².